The Kier molecular flexibility index (Phi) is 11.7. The number of piperidine rings is 2. The molecule has 52 heavy (non-hydrogen) atoms. The van der Waals surface area contributed by atoms with E-state index in [0.717, 1.165) is 24.0 Å². The molecule has 0 spiro atoms. The molecule has 2 aromatic rings. The van der Waals surface area contributed by atoms with Crippen LogP contribution in [0.15, 0.2) is 60.7 Å². The molecule has 15 nitrogen and oxygen atoms in total. The van der Waals surface area contributed by atoms with Crippen LogP contribution in [0.3, 0.4) is 0 Å². The molecule has 0 saturated carbocycles. The van der Waals surface area contributed by atoms with Crippen molar-refractivity contribution in [3.63, 3.8) is 0 Å². The highest BCUT2D eigenvalue weighted by atomic mass is 16.7. The predicted octanol–water partition coefficient (Wildman–Crippen LogP) is 1.56. The summed E-state index contributed by atoms with van der Waals surface area (Å²) in [7, 11) is 3.33. The van der Waals surface area contributed by atoms with Gasteiger partial charge < -0.3 is 19.3 Å². The molecule has 4 aliphatic heterocycles. The Morgan fingerprint density at radius 3 is 1.37 bits per heavy atom. The third-order valence-corrected chi connectivity index (χ3v) is 11.2. The minimum Gasteiger partial charge on any atom is -0.430 e. The molecule has 4 heterocycles. The van der Waals surface area contributed by atoms with Gasteiger partial charge in [-0.05, 0) is 50.9 Å². The molecular formula is C37H48N6O9. The fourth-order valence-electron chi connectivity index (χ4n) is 8.61. The van der Waals surface area contributed by atoms with Crippen LogP contribution in [0.5, 0.6) is 0 Å². The highest BCUT2D eigenvalue weighted by Gasteiger charge is 2.48. The number of hydrogen-bond acceptors (Lipinski definition) is 11. The van der Waals surface area contributed by atoms with Crippen LogP contribution in [-0.4, -0.2) is 137 Å². The van der Waals surface area contributed by atoms with Crippen LogP contribution in [0.2, 0.25) is 0 Å². The van der Waals surface area contributed by atoms with Crippen molar-refractivity contribution in [2.45, 2.75) is 61.8 Å². The fourth-order valence-corrected chi connectivity index (χ4v) is 8.61. The third-order valence-electron chi connectivity index (χ3n) is 11.2. The third kappa shape index (κ3) is 8.07. The molecule has 4 aliphatic rings. The summed E-state index contributed by atoms with van der Waals surface area (Å²) in [5.41, 5.74) is 5.63. The zero-order valence-corrected chi connectivity index (χ0v) is 29.5. The van der Waals surface area contributed by atoms with E-state index < -0.39 is 54.1 Å². The summed E-state index contributed by atoms with van der Waals surface area (Å²) >= 11 is 0. The first-order valence-electron chi connectivity index (χ1n) is 17.9. The number of likely N-dealkylation sites (tertiary alicyclic amines) is 4. The molecule has 0 bridgehead atoms. The second-order valence-corrected chi connectivity index (χ2v) is 14.5. The molecule has 0 radical (unpaired) electrons. The summed E-state index contributed by atoms with van der Waals surface area (Å²) in [6.45, 7) is 2.35. The van der Waals surface area contributed by atoms with E-state index in [4.69, 9.17) is 9.47 Å². The molecule has 0 aromatic heterocycles. The van der Waals surface area contributed by atoms with Gasteiger partial charge >= 0.3 is 6.16 Å². The van der Waals surface area contributed by atoms with Crippen LogP contribution in [0, 0.1) is 11.8 Å². The van der Waals surface area contributed by atoms with E-state index in [1.807, 2.05) is 60.7 Å². The van der Waals surface area contributed by atoms with Crippen molar-refractivity contribution < 1.29 is 43.9 Å². The van der Waals surface area contributed by atoms with Gasteiger partial charge in [0.2, 0.25) is 23.6 Å². The second-order valence-electron chi connectivity index (χ2n) is 14.5. The van der Waals surface area contributed by atoms with Crippen LogP contribution < -0.4 is 11.0 Å². The molecule has 4 fully saturated rings. The van der Waals surface area contributed by atoms with E-state index in [9.17, 15) is 34.4 Å². The maximum atomic E-state index is 13.8. The standard InChI is InChI=1S/C37H48N6O9/c1-40-21-27(17-29(33(44)38-49)31(40)35(46)42-15-13-25(19-42)23-9-5-3-6-10-23)51-37(48)52-28-18-30(34(45)39-50)32(41(2)22-28)36(47)43-16-14-26(20-43)24-11-7-4-8-12-24/h3-12,25-32,49-50H,13-22H2,1-2H3,(H,38,44)(H,39,45)/t25-,26-,27+,28+,29-,30-,31-,32-/m0/s1. The highest BCUT2D eigenvalue weighted by molar-refractivity contribution is 5.91. The van der Waals surface area contributed by atoms with Crippen LogP contribution in [-0.2, 0) is 28.7 Å². The zero-order chi connectivity index (χ0) is 36.9. The van der Waals surface area contributed by atoms with Crippen molar-refractivity contribution >= 4 is 29.8 Å². The number of carbonyl (C=O) groups excluding carboxylic acids is 5. The average Bonchev–Trinajstić information content (AvgIpc) is 3.85. The zero-order valence-electron chi connectivity index (χ0n) is 29.5. The van der Waals surface area contributed by atoms with Gasteiger partial charge in [-0.2, -0.15) is 0 Å². The Bertz CT molecular complexity index is 1480. The van der Waals surface area contributed by atoms with Crippen molar-refractivity contribution in [2.75, 3.05) is 53.4 Å². The average molecular weight is 721 g/mol. The molecule has 6 rings (SSSR count). The molecular weight excluding hydrogens is 672 g/mol. The Balaban J connectivity index is 1.06. The van der Waals surface area contributed by atoms with E-state index >= 15 is 0 Å². The summed E-state index contributed by atoms with van der Waals surface area (Å²) in [5, 5.41) is 19.1. The topological polar surface area (TPSA) is 181 Å². The molecule has 4 N–H and O–H groups in total. The van der Waals surface area contributed by atoms with Gasteiger partial charge in [-0.15, -0.1) is 0 Å². The number of amides is 4. The van der Waals surface area contributed by atoms with E-state index in [2.05, 4.69) is 0 Å². The second kappa shape index (κ2) is 16.4. The molecule has 2 aromatic carbocycles. The number of benzene rings is 2. The lowest BCUT2D eigenvalue weighted by Crippen LogP contribution is -2.60. The Hall–Kier alpha value is -4.57. The molecule has 4 saturated heterocycles. The number of hydrogen-bond donors (Lipinski definition) is 4. The fraction of sp³-hybridized carbons (Fsp3) is 0.541. The summed E-state index contributed by atoms with van der Waals surface area (Å²) in [6.07, 6.45) is -1.21. The van der Waals surface area contributed by atoms with Crippen LogP contribution >= 0.6 is 0 Å². The lowest BCUT2D eigenvalue weighted by molar-refractivity contribution is -0.154. The number of nitrogens with zero attached hydrogens (tertiary/aromatic N) is 4. The van der Waals surface area contributed by atoms with Gasteiger partial charge in [-0.1, -0.05) is 60.7 Å². The minimum absolute atomic E-state index is 0.0330. The van der Waals surface area contributed by atoms with Crippen molar-refractivity contribution in [1.29, 1.82) is 0 Å². The monoisotopic (exact) mass is 720 g/mol. The van der Waals surface area contributed by atoms with Gasteiger partial charge in [-0.25, -0.2) is 15.8 Å². The molecule has 0 aliphatic carbocycles. The maximum Gasteiger partial charge on any atom is 0.508 e. The number of rotatable bonds is 8. The lowest BCUT2D eigenvalue weighted by atomic mass is 9.86. The van der Waals surface area contributed by atoms with Gasteiger partial charge in [0.05, 0.1) is 11.8 Å². The van der Waals surface area contributed by atoms with Gasteiger partial charge in [-0.3, -0.25) is 39.4 Å². The largest absolute Gasteiger partial charge is 0.508 e. The molecule has 280 valence electrons. The Labute approximate surface area is 302 Å². The Morgan fingerprint density at radius 2 is 1.00 bits per heavy atom. The maximum absolute atomic E-state index is 13.8. The summed E-state index contributed by atoms with van der Waals surface area (Å²) in [5.74, 6) is -3.66. The molecule has 4 amide bonds. The van der Waals surface area contributed by atoms with Crippen LogP contribution in [0.1, 0.15) is 48.6 Å². The first-order chi connectivity index (χ1) is 25.1. The normalized spacial score (nSPS) is 29.7. The number of likely N-dealkylation sites (N-methyl/N-ethyl adjacent to an activating group) is 2. The van der Waals surface area contributed by atoms with Gasteiger partial charge in [0.15, 0.2) is 0 Å². The van der Waals surface area contributed by atoms with Crippen LogP contribution in [0.4, 0.5) is 4.79 Å². The molecule has 15 heteroatoms. The van der Waals surface area contributed by atoms with E-state index in [1.165, 1.54) is 0 Å². The van der Waals surface area contributed by atoms with E-state index in [1.54, 1.807) is 44.7 Å². The molecule has 8 atom stereocenters. The van der Waals surface area contributed by atoms with Crippen molar-refractivity contribution in [2.24, 2.45) is 11.8 Å². The smallest absolute Gasteiger partial charge is 0.430 e. The van der Waals surface area contributed by atoms with Crippen LogP contribution in [0.25, 0.3) is 0 Å². The van der Waals surface area contributed by atoms with E-state index in [-0.39, 0.29) is 49.6 Å². The highest BCUT2D eigenvalue weighted by Crippen LogP contribution is 2.34. The summed E-state index contributed by atoms with van der Waals surface area (Å²) in [6, 6.07) is 18.1. The first kappa shape index (κ1) is 37.2. The van der Waals surface area contributed by atoms with E-state index in [0.29, 0.717) is 26.2 Å². The first-order valence-corrected chi connectivity index (χ1v) is 17.9. The molecule has 0 unspecified atom stereocenters. The van der Waals surface area contributed by atoms with Gasteiger partial charge in [0.25, 0.3) is 0 Å². The predicted molar refractivity (Wildman–Crippen MR) is 185 cm³/mol. The number of carbonyl (C=O) groups is 5. The lowest BCUT2D eigenvalue weighted by Gasteiger charge is -2.42. The van der Waals surface area contributed by atoms with Crippen molar-refractivity contribution in [1.82, 2.24) is 30.6 Å². The number of ether oxygens (including phenoxy) is 2. The minimum atomic E-state index is -1.03. The Morgan fingerprint density at radius 1 is 0.615 bits per heavy atom. The summed E-state index contributed by atoms with van der Waals surface area (Å²) < 4.78 is 11.3. The SMILES string of the molecule is CN1C[C@H](OC(=O)O[C@@H]2C[C@H](C(=O)NO)[C@@H](C(=O)N3CC[C@H](c4ccccc4)C3)N(C)C2)C[C@H](C(=O)NO)[C@H]1C(=O)N1CC[C@H](c2ccccc2)C1. The van der Waals surface area contributed by atoms with Gasteiger partial charge in [0.1, 0.15) is 24.3 Å². The van der Waals surface area contributed by atoms with Gasteiger partial charge in [0, 0.05) is 51.1 Å². The number of hydroxylamine groups is 2. The van der Waals surface area contributed by atoms with Crippen molar-refractivity contribution in [3.05, 3.63) is 71.8 Å². The number of nitrogens with one attached hydrogen (secondary N) is 2. The quantitative estimate of drug-likeness (QED) is 0.177. The van der Waals surface area contributed by atoms with Crippen molar-refractivity contribution in [3.8, 4) is 0 Å². The summed E-state index contributed by atoms with van der Waals surface area (Å²) in [4.78, 5) is 73.3.